The lowest BCUT2D eigenvalue weighted by atomic mass is 9.94. The lowest BCUT2D eigenvalue weighted by molar-refractivity contribution is 0.539. The number of para-hydroxylation sites is 1. The molecule has 14 heavy (non-hydrogen) atoms. The van der Waals surface area contributed by atoms with Crippen LogP contribution in [0.3, 0.4) is 0 Å². The molecule has 1 nitrogen and oxygen atoms in total. The van der Waals surface area contributed by atoms with E-state index < -0.39 is 0 Å². The number of hydrogen-bond acceptors (Lipinski definition) is 1. The molecule has 1 atom stereocenters. The molecule has 1 aliphatic heterocycles. The first-order valence-corrected chi connectivity index (χ1v) is 6.32. The molecular formula is C12H16BrN. The molecule has 0 amide bonds. The highest BCUT2D eigenvalue weighted by atomic mass is 79.9. The summed E-state index contributed by atoms with van der Waals surface area (Å²) in [5.41, 5.74) is 2.94. The number of alkyl halides is 1. The molecule has 0 fully saturated rings. The lowest BCUT2D eigenvalue weighted by Gasteiger charge is -2.34. The third-order valence-corrected chi connectivity index (χ3v) is 3.14. The van der Waals surface area contributed by atoms with Crippen LogP contribution in [0.5, 0.6) is 0 Å². The van der Waals surface area contributed by atoms with Crippen molar-refractivity contribution in [1.29, 1.82) is 0 Å². The van der Waals surface area contributed by atoms with Gasteiger partial charge in [-0.2, -0.15) is 0 Å². The maximum atomic E-state index is 3.52. The van der Waals surface area contributed by atoms with Gasteiger partial charge in [-0.05, 0) is 24.0 Å². The molecule has 1 aromatic carbocycles. The molecule has 2 heteroatoms. The second-order valence-corrected chi connectivity index (χ2v) is 4.87. The number of anilines is 1. The molecule has 0 aliphatic carbocycles. The van der Waals surface area contributed by atoms with Gasteiger partial charge in [0.2, 0.25) is 0 Å². The number of rotatable bonds is 2. The van der Waals surface area contributed by atoms with Crippen molar-refractivity contribution in [2.75, 3.05) is 23.3 Å². The van der Waals surface area contributed by atoms with Gasteiger partial charge in [0.25, 0.3) is 0 Å². The SMILES string of the molecule is CC1Cc2ccccc2N(CCBr)C1. The molecule has 0 radical (unpaired) electrons. The Morgan fingerprint density at radius 3 is 3.00 bits per heavy atom. The van der Waals surface area contributed by atoms with Crippen molar-refractivity contribution < 1.29 is 0 Å². The predicted octanol–water partition coefficient (Wildman–Crippen LogP) is 3.08. The summed E-state index contributed by atoms with van der Waals surface area (Å²) in [6, 6.07) is 8.77. The average Bonchev–Trinajstić information content (AvgIpc) is 2.18. The van der Waals surface area contributed by atoms with Gasteiger partial charge in [-0.1, -0.05) is 41.1 Å². The smallest absolute Gasteiger partial charge is 0.0399 e. The number of halogens is 1. The molecule has 1 aromatic rings. The molecule has 1 heterocycles. The second kappa shape index (κ2) is 4.35. The van der Waals surface area contributed by atoms with Crippen molar-refractivity contribution in [3.05, 3.63) is 29.8 Å². The lowest BCUT2D eigenvalue weighted by Crippen LogP contribution is -2.35. The Balaban J connectivity index is 2.28. The molecular weight excluding hydrogens is 238 g/mol. The van der Waals surface area contributed by atoms with Crippen LogP contribution in [0.4, 0.5) is 5.69 Å². The molecule has 2 rings (SSSR count). The van der Waals surface area contributed by atoms with Gasteiger partial charge in [0.15, 0.2) is 0 Å². The van der Waals surface area contributed by atoms with Crippen molar-refractivity contribution in [1.82, 2.24) is 0 Å². The van der Waals surface area contributed by atoms with E-state index in [1.54, 1.807) is 0 Å². The average molecular weight is 254 g/mol. The minimum absolute atomic E-state index is 0.781. The van der Waals surface area contributed by atoms with E-state index in [1.165, 1.54) is 24.2 Å². The van der Waals surface area contributed by atoms with Gasteiger partial charge in [-0.15, -0.1) is 0 Å². The first-order chi connectivity index (χ1) is 6.81. The summed E-state index contributed by atoms with van der Waals surface area (Å²) in [6.07, 6.45) is 1.23. The zero-order valence-corrected chi connectivity index (χ0v) is 10.1. The van der Waals surface area contributed by atoms with E-state index in [4.69, 9.17) is 0 Å². The fourth-order valence-electron chi connectivity index (χ4n) is 2.22. The van der Waals surface area contributed by atoms with Crippen LogP contribution in [0.2, 0.25) is 0 Å². The Kier molecular flexibility index (Phi) is 3.12. The van der Waals surface area contributed by atoms with Crippen LogP contribution in [-0.2, 0) is 6.42 Å². The van der Waals surface area contributed by atoms with E-state index in [9.17, 15) is 0 Å². The van der Waals surface area contributed by atoms with Crippen molar-refractivity contribution >= 4 is 21.6 Å². The fraction of sp³-hybridized carbons (Fsp3) is 0.500. The molecule has 0 bridgehead atoms. The quantitative estimate of drug-likeness (QED) is 0.733. The molecule has 1 unspecified atom stereocenters. The van der Waals surface area contributed by atoms with Gasteiger partial charge in [-0.25, -0.2) is 0 Å². The highest BCUT2D eigenvalue weighted by molar-refractivity contribution is 9.09. The summed E-state index contributed by atoms with van der Waals surface area (Å²) in [4.78, 5) is 2.48. The summed E-state index contributed by atoms with van der Waals surface area (Å²) in [7, 11) is 0. The minimum atomic E-state index is 0.781. The zero-order valence-electron chi connectivity index (χ0n) is 8.54. The summed E-state index contributed by atoms with van der Waals surface area (Å²) in [5.74, 6) is 0.781. The van der Waals surface area contributed by atoms with E-state index >= 15 is 0 Å². The van der Waals surface area contributed by atoms with Crippen LogP contribution < -0.4 is 4.90 Å². The van der Waals surface area contributed by atoms with Crippen molar-refractivity contribution in [3.63, 3.8) is 0 Å². The number of hydrogen-bond donors (Lipinski definition) is 0. The van der Waals surface area contributed by atoms with Crippen molar-refractivity contribution in [2.24, 2.45) is 5.92 Å². The molecule has 0 aromatic heterocycles. The predicted molar refractivity (Wildman–Crippen MR) is 65.3 cm³/mol. The van der Waals surface area contributed by atoms with E-state index in [-0.39, 0.29) is 0 Å². The van der Waals surface area contributed by atoms with E-state index in [0.717, 1.165) is 17.8 Å². The molecule has 76 valence electrons. The maximum absolute atomic E-state index is 3.52. The molecule has 0 spiro atoms. The molecule has 0 saturated heterocycles. The first-order valence-electron chi connectivity index (χ1n) is 5.20. The van der Waals surface area contributed by atoms with E-state index in [2.05, 4.69) is 52.0 Å². The van der Waals surface area contributed by atoms with Gasteiger partial charge in [0, 0.05) is 24.1 Å². The Labute approximate surface area is 94.2 Å². The number of fused-ring (bicyclic) bond motifs is 1. The van der Waals surface area contributed by atoms with Crippen LogP contribution in [-0.4, -0.2) is 18.4 Å². The molecule has 0 saturated carbocycles. The molecule has 0 N–H and O–H groups in total. The summed E-state index contributed by atoms with van der Waals surface area (Å²) in [6.45, 7) is 4.64. The number of benzene rings is 1. The Morgan fingerprint density at radius 2 is 2.21 bits per heavy atom. The summed E-state index contributed by atoms with van der Waals surface area (Å²) < 4.78 is 0. The normalized spacial score (nSPS) is 20.7. The van der Waals surface area contributed by atoms with Crippen molar-refractivity contribution in [3.8, 4) is 0 Å². The summed E-state index contributed by atoms with van der Waals surface area (Å²) >= 11 is 3.52. The first kappa shape index (κ1) is 10.0. The third-order valence-electron chi connectivity index (χ3n) is 2.79. The zero-order chi connectivity index (χ0) is 9.97. The third kappa shape index (κ3) is 1.95. The summed E-state index contributed by atoms with van der Waals surface area (Å²) in [5, 5.41) is 1.05. The second-order valence-electron chi connectivity index (χ2n) is 4.07. The maximum Gasteiger partial charge on any atom is 0.0399 e. The van der Waals surface area contributed by atoms with Crippen LogP contribution in [0.15, 0.2) is 24.3 Å². The Hall–Kier alpha value is -0.500. The van der Waals surface area contributed by atoms with Crippen molar-refractivity contribution in [2.45, 2.75) is 13.3 Å². The largest absolute Gasteiger partial charge is 0.370 e. The highest BCUT2D eigenvalue weighted by Crippen LogP contribution is 2.28. The topological polar surface area (TPSA) is 3.24 Å². The van der Waals surface area contributed by atoms with Gasteiger partial charge < -0.3 is 4.90 Å². The highest BCUT2D eigenvalue weighted by Gasteiger charge is 2.20. The van der Waals surface area contributed by atoms with Gasteiger partial charge in [-0.3, -0.25) is 0 Å². The van der Waals surface area contributed by atoms with Crippen LogP contribution in [0.1, 0.15) is 12.5 Å². The number of nitrogens with zero attached hydrogens (tertiary/aromatic N) is 1. The monoisotopic (exact) mass is 253 g/mol. The standard InChI is InChI=1S/C12H16BrN/c1-10-8-11-4-2-3-5-12(11)14(9-10)7-6-13/h2-5,10H,6-9H2,1H3. The molecule has 1 aliphatic rings. The van der Waals surface area contributed by atoms with Gasteiger partial charge in [0.05, 0.1) is 0 Å². The minimum Gasteiger partial charge on any atom is -0.370 e. The Morgan fingerprint density at radius 1 is 1.43 bits per heavy atom. The van der Waals surface area contributed by atoms with E-state index in [1.807, 2.05) is 0 Å². The van der Waals surface area contributed by atoms with Gasteiger partial charge in [0.1, 0.15) is 0 Å². The van der Waals surface area contributed by atoms with Gasteiger partial charge >= 0.3 is 0 Å². The van der Waals surface area contributed by atoms with E-state index in [0.29, 0.717) is 0 Å². The van der Waals surface area contributed by atoms with Crippen LogP contribution in [0.25, 0.3) is 0 Å². The fourth-order valence-corrected chi connectivity index (χ4v) is 2.65. The Bertz CT molecular complexity index is 311. The van der Waals surface area contributed by atoms with Crippen LogP contribution >= 0.6 is 15.9 Å². The van der Waals surface area contributed by atoms with Crippen LogP contribution in [0, 0.1) is 5.92 Å².